The molecule has 7 heteroatoms. The van der Waals surface area contributed by atoms with Crippen molar-refractivity contribution in [3.63, 3.8) is 0 Å². The zero-order valence-electron chi connectivity index (χ0n) is 21.4. The lowest BCUT2D eigenvalue weighted by molar-refractivity contribution is 0.315. The summed E-state index contributed by atoms with van der Waals surface area (Å²) < 4.78 is 2.31. The van der Waals surface area contributed by atoms with Gasteiger partial charge in [0.15, 0.2) is 5.11 Å². The van der Waals surface area contributed by atoms with Gasteiger partial charge in [-0.3, -0.25) is 4.98 Å². The van der Waals surface area contributed by atoms with Gasteiger partial charge in [0.2, 0.25) is 0 Å². The molecule has 0 amide bonds. The fourth-order valence-corrected chi connectivity index (χ4v) is 5.82. The molecule has 5 nitrogen and oxygen atoms in total. The largest absolute Gasteiger partial charge is 0.385 e. The van der Waals surface area contributed by atoms with Crippen molar-refractivity contribution >= 4 is 34.6 Å². The first kappa shape index (κ1) is 25.3. The maximum absolute atomic E-state index is 6.50. The van der Waals surface area contributed by atoms with Crippen LogP contribution in [0.4, 0.5) is 5.69 Å². The van der Waals surface area contributed by atoms with Gasteiger partial charge in [-0.25, -0.2) is 0 Å². The lowest BCUT2D eigenvalue weighted by atomic mass is 9.96. The summed E-state index contributed by atoms with van der Waals surface area (Å²) in [6.45, 7) is 8.12. The van der Waals surface area contributed by atoms with E-state index in [2.05, 4.69) is 71.2 Å². The second-order valence-electron chi connectivity index (χ2n) is 9.51. The number of aromatic nitrogens is 2. The van der Waals surface area contributed by atoms with Crippen LogP contribution in [0.15, 0.2) is 79.0 Å². The average molecular weight is 530 g/mol. The molecule has 1 aliphatic heterocycles. The smallest absolute Gasteiger partial charge is 0.170 e. The topological polar surface area (TPSA) is 45.1 Å². The number of aryl methyl sites for hydroxylation is 1. The van der Waals surface area contributed by atoms with E-state index in [1.54, 1.807) is 0 Å². The van der Waals surface area contributed by atoms with Gasteiger partial charge in [-0.2, -0.15) is 0 Å². The molecule has 2 N–H and O–H groups in total. The lowest BCUT2D eigenvalue weighted by Gasteiger charge is -2.28. The summed E-state index contributed by atoms with van der Waals surface area (Å²) in [5, 5.41) is 8.65. The third-order valence-electron chi connectivity index (χ3n) is 7.15. The molecular formula is C30H32ClN5S. The quantitative estimate of drug-likeness (QED) is 0.191. The van der Waals surface area contributed by atoms with Gasteiger partial charge < -0.3 is 20.1 Å². The number of anilines is 1. The van der Waals surface area contributed by atoms with Crippen LogP contribution in [0.2, 0.25) is 5.02 Å². The van der Waals surface area contributed by atoms with Gasteiger partial charge in [-0.05, 0) is 93.0 Å². The molecule has 5 rings (SSSR count). The summed E-state index contributed by atoms with van der Waals surface area (Å²) in [7, 11) is 0. The minimum absolute atomic E-state index is 0.0264. The average Bonchev–Trinajstić information content (AvgIpc) is 3.39. The molecule has 2 atom stereocenters. The second-order valence-corrected chi connectivity index (χ2v) is 10.3. The number of thiocarbonyl (C=S) groups is 1. The van der Waals surface area contributed by atoms with E-state index in [-0.39, 0.29) is 12.1 Å². The molecule has 0 unspecified atom stereocenters. The number of para-hydroxylation sites is 1. The number of nitrogens with zero attached hydrogens (tertiary/aromatic N) is 3. The Hall–Kier alpha value is -3.35. The fraction of sp³-hybridized carbons (Fsp3) is 0.267. The van der Waals surface area contributed by atoms with Gasteiger partial charge in [0.05, 0.1) is 17.8 Å². The van der Waals surface area contributed by atoms with E-state index >= 15 is 0 Å². The van der Waals surface area contributed by atoms with E-state index < -0.39 is 0 Å². The summed E-state index contributed by atoms with van der Waals surface area (Å²) in [6.07, 6.45) is 2.80. The van der Waals surface area contributed by atoms with Crippen LogP contribution in [0, 0.1) is 20.8 Å². The van der Waals surface area contributed by atoms with Crippen LogP contribution in [0.5, 0.6) is 0 Å². The number of halogens is 1. The van der Waals surface area contributed by atoms with Gasteiger partial charge >= 0.3 is 0 Å². The molecular weight excluding hydrogens is 498 g/mol. The summed E-state index contributed by atoms with van der Waals surface area (Å²) in [6, 6.07) is 24.7. The van der Waals surface area contributed by atoms with Crippen molar-refractivity contribution < 1.29 is 0 Å². The van der Waals surface area contributed by atoms with E-state index in [4.69, 9.17) is 28.8 Å². The normalized spacial score (nSPS) is 17.2. The molecule has 0 spiro atoms. The highest BCUT2D eigenvalue weighted by Crippen LogP contribution is 2.41. The monoisotopic (exact) mass is 529 g/mol. The predicted octanol–water partition coefficient (Wildman–Crippen LogP) is 6.93. The minimum atomic E-state index is -0.0369. The highest BCUT2D eigenvalue weighted by molar-refractivity contribution is 7.80. The molecule has 0 bridgehead atoms. The molecule has 190 valence electrons. The van der Waals surface area contributed by atoms with Crippen LogP contribution < -0.4 is 10.6 Å². The summed E-state index contributed by atoms with van der Waals surface area (Å²) in [5.41, 5.74) is 7.90. The SMILES string of the molecule is Cc1c(Cl)cccc1-n1c(C)cc([C@H]2[C@@H](c3ccccn3)NC(=S)N2CCCNc2ccccc2)c1C. The third-order valence-corrected chi connectivity index (χ3v) is 7.91. The lowest BCUT2D eigenvalue weighted by Crippen LogP contribution is -2.31. The van der Waals surface area contributed by atoms with E-state index in [1.807, 2.05) is 48.7 Å². The van der Waals surface area contributed by atoms with E-state index in [1.165, 1.54) is 17.0 Å². The van der Waals surface area contributed by atoms with Gasteiger partial charge in [0, 0.05) is 47.1 Å². The van der Waals surface area contributed by atoms with Crippen molar-refractivity contribution in [3.05, 3.63) is 112 Å². The molecule has 0 aliphatic carbocycles. The molecule has 1 aliphatic rings. The van der Waals surface area contributed by atoms with Crippen LogP contribution >= 0.6 is 23.8 Å². The van der Waals surface area contributed by atoms with Crippen LogP contribution in [0.25, 0.3) is 5.69 Å². The number of nitrogens with one attached hydrogen (secondary N) is 2. The Labute approximate surface area is 229 Å². The van der Waals surface area contributed by atoms with Crippen molar-refractivity contribution in [2.45, 2.75) is 39.3 Å². The predicted molar refractivity (Wildman–Crippen MR) is 157 cm³/mol. The number of benzene rings is 2. The summed E-state index contributed by atoms with van der Waals surface area (Å²) >= 11 is 12.4. The number of hydrogen-bond acceptors (Lipinski definition) is 3. The van der Waals surface area contributed by atoms with Gasteiger partial charge in [-0.1, -0.05) is 41.9 Å². The highest BCUT2D eigenvalue weighted by atomic mass is 35.5. The van der Waals surface area contributed by atoms with Crippen molar-refractivity contribution in [1.29, 1.82) is 0 Å². The molecule has 2 aromatic carbocycles. The second kappa shape index (κ2) is 11.0. The Bertz CT molecular complexity index is 1390. The Morgan fingerprint density at radius 1 is 1.00 bits per heavy atom. The van der Waals surface area contributed by atoms with Crippen LogP contribution in [-0.2, 0) is 0 Å². The van der Waals surface area contributed by atoms with Gasteiger partial charge in [0.1, 0.15) is 0 Å². The van der Waals surface area contributed by atoms with E-state index in [9.17, 15) is 0 Å². The maximum Gasteiger partial charge on any atom is 0.170 e. The first-order valence-electron chi connectivity index (χ1n) is 12.7. The third kappa shape index (κ3) is 5.09. The standard InChI is InChI=1S/C30H32ClN5S/c1-20-19-24(22(3)36(20)27-15-9-13-25(31)21(27)2)29-28(26-14-7-8-16-33-26)34-30(37)35(29)18-10-17-32-23-11-5-4-6-12-23/h4-9,11-16,19,28-29,32H,10,17-18H2,1-3H3,(H,34,37)/t28-,29+/m1/s1. The Morgan fingerprint density at radius 2 is 1.78 bits per heavy atom. The zero-order valence-corrected chi connectivity index (χ0v) is 23.0. The first-order chi connectivity index (χ1) is 18.0. The highest BCUT2D eigenvalue weighted by Gasteiger charge is 2.41. The summed E-state index contributed by atoms with van der Waals surface area (Å²) in [4.78, 5) is 7.03. The van der Waals surface area contributed by atoms with Gasteiger partial charge in [0.25, 0.3) is 0 Å². The van der Waals surface area contributed by atoms with Crippen molar-refractivity contribution in [2.75, 3.05) is 18.4 Å². The Balaban J connectivity index is 1.48. The molecule has 0 saturated carbocycles. The molecule has 1 saturated heterocycles. The molecule has 4 aromatic rings. The minimum Gasteiger partial charge on any atom is -0.385 e. The first-order valence-corrected chi connectivity index (χ1v) is 13.5. The molecule has 2 aromatic heterocycles. The Morgan fingerprint density at radius 3 is 2.54 bits per heavy atom. The summed E-state index contributed by atoms with van der Waals surface area (Å²) in [5.74, 6) is 0. The van der Waals surface area contributed by atoms with Crippen molar-refractivity contribution in [1.82, 2.24) is 19.8 Å². The van der Waals surface area contributed by atoms with Gasteiger partial charge in [-0.15, -0.1) is 0 Å². The maximum atomic E-state index is 6.50. The zero-order chi connectivity index (χ0) is 25.9. The number of pyridine rings is 1. The number of rotatable bonds is 8. The van der Waals surface area contributed by atoms with E-state index in [0.717, 1.165) is 52.3 Å². The molecule has 37 heavy (non-hydrogen) atoms. The van der Waals surface area contributed by atoms with E-state index in [0.29, 0.717) is 0 Å². The van der Waals surface area contributed by atoms with Crippen molar-refractivity contribution in [2.24, 2.45) is 0 Å². The van der Waals surface area contributed by atoms with Crippen LogP contribution in [0.3, 0.4) is 0 Å². The molecule has 3 heterocycles. The molecule has 0 radical (unpaired) electrons. The van der Waals surface area contributed by atoms with Crippen LogP contribution in [-0.4, -0.2) is 32.7 Å². The molecule has 1 fully saturated rings. The number of hydrogen-bond donors (Lipinski definition) is 2. The fourth-order valence-electron chi connectivity index (χ4n) is 5.32. The Kier molecular flexibility index (Phi) is 7.49. The van der Waals surface area contributed by atoms with Crippen LogP contribution in [0.1, 0.15) is 46.7 Å². The van der Waals surface area contributed by atoms with Crippen molar-refractivity contribution in [3.8, 4) is 5.69 Å².